The number of carbonyl (C=O) groups is 2. The second kappa shape index (κ2) is 9.20. The maximum atomic E-state index is 13.2. The zero-order chi connectivity index (χ0) is 22.0. The molecule has 4 atom stereocenters. The summed E-state index contributed by atoms with van der Waals surface area (Å²) in [5.74, 6) is 0.252. The van der Waals surface area contributed by atoms with Gasteiger partial charge < -0.3 is 24.3 Å². The molecule has 166 valence electrons. The van der Waals surface area contributed by atoms with Gasteiger partial charge in [-0.1, -0.05) is 37.3 Å². The number of ether oxygens (including phenoxy) is 1. The van der Waals surface area contributed by atoms with Crippen LogP contribution in [0, 0.1) is 5.92 Å². The van der Waals surface area contributed by atoms with Gasteiger partial charge in [0.2, 0.25) is 5.91 Å². The minimum atomic E-state index is -0.332. The lowest BCUT2D eigenvalue weighted by molar-refractivity contribution is -0.135. The number of benzene rings is 1. The van der Waals surface area contributed by atoms with Crippen LogP contribution in [0.1, 0.15) is 30.3 Å². The Kier molecular flexibility index (Phi) is 6.38. The topological polar surface area (TPSA) is 87.9 Å². The van der Waals surface area contributed by atoms with Gasteiger partial charge in [-0.2, -0.15) is 0 Å². The van der Waals surface area contributed by atoms with Gasteiger partial charge >= 0.3 is 0 Å². The van der Waals surface area contributed by atoms with Crippen LogP contribution in [-0.4, -0.2) is 78.6 Å². The lowest BCUT2D eigenvalue weighted by Gasteiger charge is -2.26. The van der Waals surface area contributed by atoms with Crippen molar-refractivity contribution in [3.63, 3.8) is 0 Å². The molecule has 0 unspecified atom stereocenters. The van der Waals surface area contributed by atoms with E-state index in [1.165, 1.54) is 6.39 Å². The third-order valence-electron chi connectivity index (χ3n) is 6.57. The molecule has 2 saturated heterocycles. The summed E-state index contributed by atoms with van der Waals surface area (Å²) >= 11 is 0. The van der Waals surface area contributed by atoms with Crippen molar-refractivity contribution in [3.8, 4) is 11.3 Å². The first-order chi connectivity index (χ1) is 15.0. The van der Waals surface area contributed by atoms with Crippen LogP contribution in [0.5, 0.6) is 0 Å². The molecule has 2 aliphatic rings. The van der Waals surface area contributed by atoms with Crippen LogP contribution in [0.25, 0.3) is 11.3 Å². The fraction of sp³-hybridized carbons (Fsp3) is 0.522. The number of oxazole rings is 1. The molecule has 0 spiro atoms. The molecule has 8 heteroatoms. The normalized spacial score (nSPS) is 26.4. The molecule has 1 aromatic carbocycles. The molecule has 0 saturated carbocycles. The van der Waals surface area contributed by atoms with Gasteiger partial charge in [-0.3, -0.25) is 9.59 Å². The van der Waals surface area contributed by atoms with E-state index in [9.17, 15) is 9.59 Å². The number of nitrogens with zero attached hydrogens (tertiary/aromatic N) is 3. The lowest BCUT2D eigenvalue weighted by Crippen LogP contribution is -2.44. The lowest BCUT2D eigenvalue weighted by atomic mass is 9.97. The minimum absolute atomic E-state index is 0.00202. The zero-order valence-corrected chi connectivity index (χ0v) is 18.3. The maximum Gasteiger partial charge on any atom is 0.274 e. The molecule has 31 heavy (non-hydrogen) atoms. The number of carbonyl (C=O) groups excluding carboxylic acids is 2. The fourth-order valence-electron chi connectivity index (χ4n) is 4.90. The molecule has 8 nitrogen and oxygen atoms in total. The predicted octanol–water partition coefficient (Wildman–Crippen LogP) is 2.03. The molecule has 2 fully saturated rings. The van der Waals surface area contributed by atoms with E-state index < -0.39 is 0 Å². The quantitative estimate of drug-likeness (QED) is 0.761. The van der Waals surface area contributed by atoms with E-state index in [-0.39, 0.29) is 41.6 Å². The van der Waals surface area contributed by atoms with Crippen molar-refractivity contribution in [2.24, 2.45) is 5.92 Å². The van der Waals surface area contributed by atoms with Crippen LogP contribution in [-0.2, 0) is 9.53 Å². The van der Waals surface area contributed by atoms with E-state index in [1.807, 2.05) is 35.2 Å². The highest BCUT2D eigenvalue weighted by molar-refractivity contribution is 5.97. The third-order valence-corrected chi connectivity index (χ3v) is 6.57. The minimum Gasteiger partial charge on any atom is -0.443 e. The number of likely N-dealkylation sites (tertiary alicyclic amines) is 2. The summed E-state index contributed by atoms with van der Waals surface area (Å²) in [5, 5.41) is 3.01. The number of hydrogen-bond donors (Lipinski definition) is 1. The standard InChI is InChI=1S/C23H30N4O4/c1-4-18-16(10-11-26(18)2)23(29)27-12-17(19(13-27)30-3)25-22(28)20-21(31-14-24-20)15-8-6-5-7-9-15/h5-9,14,16-19H,4,10-13H2,1-3H3,(H,25,28)/t16-,17+,18+,19+/m0/s1. The molecule has 0 radical (unpaired) electrons. The molecule has 2 aromatic rings. The highest BCUT2D eigenvalue weighted by Crippen LogP contribution is 2.29. The van der Waals surface area contributed by atoms with Gasteiger partial charge in [0.15, 0.2) is 17.8 Å². The SMILES string of the molecule is CC[C@@H]1[C@@H](C(=O)N2C[C@@H](NC(=O)c3ncoc3-c3ccccc3)[C@H](OC)C2)CCN1C. The Bertz CT molecular complexity index is 915. The van der Waals surface area contributed by atoms with Crippen molar-refractivity contribution in [3.05, 3.63) is 42.4 Å². The highest BCUT2D eigenvalue weighted by atomic mass is 16.5. The number of rotatable bonds is 6. The molecular weight excluding hydrogens is 396 g/mol. The summed E-state index contributed by atoms with van der Waals surface area (Å²) in [7, 11) is 3.69. The van der Waals surface area contributed by atoms with E-state index in [2.05, 4.69) is 29.2 Å². The van der Waals surface area contributed by atoms with Crippen molar-refractivity contribution in [2.75, 3.05) is 33.8 Å². The number of nitrogens with one attached hydrogen (secondary N) is 1. The molecule has 1 aromatic heterocycles. The van der Waals surface area contributed by atoms with Gasteiger partial charge in [0.05, 0.1) is 18.1 Å². The predicted molar refractivity (Wildman–Crippen MR) is 115 cm³/mol. The number of aromatic nitrogens is 1. The second-order valence-corrected chi connectivity index (χ2v) is 8.34. The van der Waals surface area contributed by atoms with E-state index >= 15 is 0 Å². The summed E-state index contributed by atoms with van der Waals surface area (Å²) in [6.45, 7) is 3.96. The molecule has 3 heterocycles. The summed E-state index contributed by atoms with van der Waals surface area (Å²) in [5.41, 5.74) is 1.02. The number of methoxy groups -OCH3 is 1. The van der Waals surface area contributed by atoms with E-state index in [0.717, 1.165) is 24.9 Å². The van der Waals surface area contributed by atoms with Gasteiger partial charge in [-0.25, -0.2) is 4.98 Å². The largest absolute Gasteiger partial charge is 0.443 e. The number of hydrogen-bond acceptors (Lipinski definition) is 6. The Hall–Kier alpha value is -2.71. The van der Waals surface area contributed by atoms with Crippen LogP contribution in [0.15, 0.2) is 41.1 Å². The maximum absolute atomic E-state index is 13.2. The van der Waals surface area contributed by atoms with Gasteiger partial charge in [0, 0.05) is 31.8 Å². The Labute approximate surface area is 182 Å². The first-order valence-electron chi connectivity index (χ1n) is 10.8. The van der Waals surface area contributed by atoms with Gasteiger partial charge in [-0.05, 0) is 26.4 Å². The second-order valence-electron chi connectivity index (χ2n) is 8.34. The fourth-order valence-corrected chi connectivity index (χ4v) is 4.90. The van der Waals surface area contributed by atoms with E-state index in [0.29, 0.717) is 18.8 Å². The zero-order valence-electron chi connectivity index (χ0n) is 18.3. The van der Waals surface area contributed by atoms with Crippen LogP contribution in [0.2, 0.25) is 0 Å². The molecular formula is C23H30N4O4. The Morgan fingerprint density at radius 2 is 2.03 bits per heavy atom. The molecule has 4 rings (SSSR count). The molecule has 1 N–H and O–H groups in total. The Balaban J connectivity index is 1.45. The van der Waals surface area contributed by atoms with Crippen molar-refractivity contribution in [2.45, 2.75) is 38.0 Å². The van der Waals surface area contributed by atoms with Crippen LogP contribution >= 0.6 is 0 Å². The molecule has 0 bridgehead atoms. The van der Waals surface area contributed by atoms with Gasteiger partial charge in [0.1, 0.15) is 0 Å². The first kappa shape index (κ1) is 21.5. The first-order valence-corrected chi connectivity index (χ1v) is 10.8. The van der Waals surface area contributed by atoms with Crippen LogP contribution in [0.3, 0.4) is 0 Å². The molecule has 0 aliphatic carbocycles. The summed E-state index contributed by atoms with van der Waals surface area (Å²) in [4.78, 5) is 34.5. The number of amides is 2. The third kappa shape index (κ3) is 4.22. The molecule has 2 aliphatic heterocycles. The van der Waals surface area contributed by atoms with Crippen molar-refractivity contribution in [1.82, 2.24) is 20.1 Å². The summed E-state index contributed by atoms with van der Waals surface area (Å²) in [6, 6.07) is 9.36. The van der Waals surface area contributed by atoms with E-state index in [4.69, 9.17) is 9.15 Å². The van der Waals surface area contributed by atoms with Crippen molar-refractivity contribution >= 4 is 11.8 Å². The van der Waals surface area contributed by atoms with E-state index in [1.54, 1.807) is 7.11 Å². The average Bonchev–Trinajstić information content (AvgIpc) is 3.51. The van der Waals surface area contributed by atoms with Gasteiger partial charge in [0.25, 0.3) is 5.91 Å². The Morgan fingerprint density at radius 1 is 1.26 bits per heavy atom. The Morgan fingerprint density at radius 3 is 2.74 bits per heavy atom. The highest BCUT2D eigenvalue weighted by Gasteiger charge is 2.43. The van der Waals surface area contributed by atoms with Crippen molar-refractivity contribution in [1.29, 1.82) is 0 Å². The average molecular weight is 427 g/mol. The molecule has 2 amide bonds. The summed E-state index contributed by atoms with van der Waals surface area (Å²) < 4.78 is 11.1. The summed E-state index contributed by atoms with van der Waals surface area (Å²) in [6.07, 6.45) is 2.83. The smallest absolute Gasteiger partial charge is 0.274 e. The van der Waals surface area contributed by atoms with Gasteiger partial charge in [-0.15, -0.1) is 0 Å². The van der Waals surface area contributed by atoms with Crippen molar-refractivity contribution < 1.29 is 18.7 Å². The monoisotopic (exact) mass is 426 g/mol. The van der Waals surface area contributed by atoms with Crippen LogP contribution < -0.4 is 5.32 Å². The van der Waals surface area contributed by atoms with Crippen LogP contribution in [0.4, 0.5) is 0 Å².